The fraction of sp³-hybridized carbons (Fsp3) is 0.951. The van der Waals surface area contributed by atoms with Crippen LogP contribution < -0.4 is 0 Å². The summed E-state index contributed by atoms with van der Waals surface area (Å²) < 4.78 is 34.9. The van der Waals surface area contributed by atoms with Gasteiger partial charge in [-0.25, -0.2) is 0 Å². The number of rotatable bonds is 13. The molecule has 0 radical (unpaired) electrons. The molecule has 9 N–H and O–H groups in total. The molecule has 2 heterocycles. The maximum absolute atomic E-state index is 12.7. The highest BCUT2D eigenvalue weighted by Crippen LogP contribution is 2.69. The van der Waals surface area contributed by atoms with Crippen molar-refractivity contribution < 1.29 is 74.4 Å². The average Bonchev–Trinajstić information content (AvgIpc) is 3.56. The molecule has 2 aliphatic heterocycles. The highest BCUT2D eigenvalue weighted by atomic mass is 16.8. The van der Waals surface area contributed by atoms with Gasteiger partial charge in [-0.05, 0) is 72.5 Å². The van der Waals surface area contributed by atoms with E-state index >= 15 is 0 Å². The summed E-state index contributed by atoms with van der Waals surface area (Å²) in [4.78, 5) is 0. The predicted molar refractivity (Wildman–Crippen MR) is 199 cm³/mol. The lowest BCUT2D eigenvalue weighted by Gasteiger charge is -2.65. The zero-order chi connectivity index (χ0) is 41.1. The predicted octanol–water partition coefficient (Wildman–Crippen LogP) is 0.0860. The summed E-state index contributed by atoms with van der Waals surface area (Å²) in [5.74, 6) is -1.71. The first-order valence-corrected chi connectivity index (χ1v) is 20.8. The van der Waals surface area contributed by atoms with Crippen molar-refractivity contribution in [2.24, 2.45) is 52.3 Å². The number of hydrogen-bond acceptors (Lipinski definition) is 15. The molecule has 6 aliphatic rings. The third kappa shape index (κ3) is 7.68. The molecule has 6 rings (SSSR count). The summed E-state index contributed by atoms with van der Waals surface area (Å²) >= 11 is 0. The summed E-state index contributed by atoms with van der Waals surface area (Å²) in [7, 11) is 2.83. The van der Waals surface area contributed by atoms with E-state index in [1.165, 1.54) is 14.2 Å². The molecule has 0 aromatic heterocycles. The second-order valence-electron chi connectivity index (χ2n) is 18.8. The van der Waals surface area contributed by atoms with Gasteiger partial charge in [-0.2, -0.15) is 0 Å². The Bertz CT molecular complexity index is 1340. The third-order valence-corrected chi connectivity index (χ3v) is 15.4. The van der Waals surface area contributed by atoms with E-state index in [4.69, 9.17) is 28.4 Å². The third-order valence-electron chi connectivity index (χ3n) is 15.4. The number of fused-ring (bicyclic) bond motifs is 5. The lowest BCUT2D eigenvalue weighted by molar-refractivity contribution is -0.310. The van der Waals surface area contributed by atoms with Crippen LogP contribution in [0.25, 0.3) is 0 Å². The second kappa shape index (κ2) is 17.3. The fourth-order valence-electron chi connectivity index (χ4n) is 12.4. The summed E-state index contributed by atoms with van der Waals surface area (Å²) in [5, 5.41) is 100. The SMILES string of the molecule is CO[C@H]1[C@H](O[C@H]2[C@H](OCC(/C=C/[C@@H](C)[C@H]3[C@@H](O)[C@@H](O)[C@@H]4[C@]3(C)CC[C@@H]3[C@@]5(C)CC[C@H](O)C[C@@H]5[C@@H](O)C[C@]34O)C(C)C)O[C@@H]([C@H](O)CO)[C@@H]2O)OC[C@@H](OC)[C@@H]1O. The molecule has 2 saturated heterocycles. The quantitative estimate of drug-likeness (QED) is 0.112. The molecule has 324 valence electrons. The summed E-state index contributed by atoms with van der Waals surface area (Å²) in [6, 6.07) is 0. The summed E-state index contributed by atoms with van der Waals surface area (Å²) in [5.41, 5.74) is -2.41. The standard InChI is InChI=1S/C41H70O15/c1-19(2)21(17-53-38-35(32(49)33(55-38)25(45)16-42)56-37-34(52-7)29(46)26(51-6)18-54-37)9-8-20(3)28-30(47)31(48)36-40(28,5)13-11-27-39(4)12-10-22(43)14-23(39)24(44)15-41(27,36)50/h8-9,19-38,42-50H,10-18H2,1-7H3/b9-8+/t20-,21?,22+,23-,24+,25-,26-,27-,28+,29+,30-,31-,32+,33+,34-,35-,36-,37+,38-,39+,40-,41+/m1/s1. The van der Waals surface area contributed by atoms with Crippen LogP contribution in [0.2, 0.25) is 0 Å². The van der Waals surface area contributed by atoms with Crippen molar-refractivity contribution in [1.29, 1.82) is 0 Å². The molecule has 15 heteroatoms. The number of hydrogen-bond donors (Lipinski definition) is 9. The van der Waals surface area contributed by atoms with Gasteiger partial charge < -0.3 is 74.4 Å². The number of methoxy groups -OCH3 is 2. The van der Waals surface area contributed by atoms with Gasteiger partial charge in [0.25, 0.3) is 0 Å². The molecule has 4 aliphatic carbocycles. The van der Waals surface area contributed by atoms with Gasteiger partial charge in [0, 0.05) is 32.5 Å². The first kappa shape index (κ1) is 44.7. The monoisotopic (exact) mass is 802 g/mol. The van der Waals surface area contributed by atoms with Crippen LogP contribution in [-0.4, -0.2) is 165 Å². The van der Waals surface area contributed by atoms with E-state index in [-0.39, 0.29) is 49.2 Å². The molecule has 1 unspecified atom stereocenters. The highest BCUT2D eigenvalue weighted by Gasteiger charge is 2.72. The zero-order valence-electron chi connectivity index (χ0n) is 34.0. The second-order valence-corrected chi connectivity index (χ2v) is 18.8. The molecule has 0 aromatic rings. The Kier molecular flexibility index (Phi) is 13.8. The van der Waals surface area contributed by atoms with Gasteiger partial charge in [0.1, 0.15) is 42.7 Å². The largest absolute Gasteiger partial charge is 0.394 e. The van der Waals surface area contributed by atoms with Crippen LogP contribution in [0.4, 0.5) is 0 Å². The molecule has 56 heavy (non-hydrogen) atoms. The van der Waals surface area contributed by atoms with Crippen molar-refractivity contribution in [3.63, 3.8) is 0 Å². The molecule has 22 atom stereocenters. The molecule has 0 amide bonds. The van der Waals surface area contributed by atoms with Crippen molar-refractivity contribution in [1.82, 2.24) is 0 Å². The lowest BCUT2D eigenvalue weighted by Crippen LogP contribution is -2.68. The van der Waals surface area contributed by atoms with Gasteiger partial charge >= 0.3 is 0 Å². The van der Waals surface area contributed by atoms with E-state index in [0.717, 1.165) is 0 Å². The van der Waals surface area contributed by atoms with Crippen LogP contribution >= 0.6 is 0 Å². The van der Waals surface area contributed by atoms with Crippen molar-refractivity contribution in [2.75, 3.05) is 34.0 Å². The van der Waals surface area contributed by atoms with Crippen LogP contribution in [0.15, 0.2) is 12.2 Å². The first-order valence-electron chi connectivity index (χ1n) is 20.8. The van der Waals surface area contributed by atoms with E-state index in [2.05, 4.69) is 13.8 Å². The molecular formula is C41H70O15. The van der Waals surface area contributed by atoms with Gasteiger partial charge in [-0.15, -0.1) is 0 Å². The van der Waals surface area contributed by atoms with Crippen LogP contribution in [0.3, 0.4) is 0 Å². The highest BCUT2D eigenvalue weighted by molar-refractivity contribution is 5.22. The topological polar surface area (TPSA) is 237 Å². The van der Waals surface area contributed by atoms with E-state index in [0.29, 0.717) is 32.1 Å². The van der Waals surface area contributed by atoms with E-state index in [9.17, 15) is 46.0 Å². The first-order chi connectivity index (χ1) is 26.4. The van der Waals surface area contributed by atoms with Gasteiger partial charge in [-0.3, -0.25) is 0 Å². The van der Waals surface area contributed by atoms with Crippen molar-refractivity contribution >= 4 is 0 Å². The number of ether oxygens (including phenoxy) is 6. The Morgan fingerprint density at radius 1 is 0.839 bits per heavy atom. The van der Waals surface area contributed by atoms with Gasteiger partial charge in [-0.1, -0.05) is 46.8 Å². The Balaban J connectivity index is 1.17. The summed E-state index contributed by atoms with van der Waals surface area (Å²) in [6.45, 7) is 9.69. The van der Waals surface area contributed by atoms with Crippen LogP contribution in [-0.2, 0) is 28.4 Å². The number of allylic oxidation sites excluding steroid dienone is 1. The molecule has 4 saturated carbocycles. The minimum absolute atomic E-state index is 0.00230. The number of aliphatic hydroxyl groups is 9. The Labute approximate surface area is 330 Å². The maximum Gasteiger partial charge on any atom is 0.187 e. The van der Waals surface area contributed by atoms with Crippen molar-refractivity contribution in [3.8, 4) is 0 Å². The maximum atomic E-state index is 12.7. The average molecular weight is 803 g/mol. The molecule has 0 aromatic carbocycles. The molecule has 15 nitrogen and oxygen atoms in total. The smallest absolute Gasteiger partial charge is 0.187 e. The van der Waals surface area contributed by atoms with Gasteiger partial charge in [0.15, 0.2) is 12.6 Å². The van der Waals surface area contributed by atoms with E-state index in [1.807, 2.05) is 32.9 Å². The minimum atomic E-state index is -1.43. The van der Waals surface area contributed by atoms with Crippen LogP contribution in [0.1, 0.15) is 73.1 Å². The zero-order valence-corrected chi connectivity index (χ0v) is 34.0. The van der Waals surface area contributed by atoms with Crippen molar-refractivity contribution in [3.05, 3.63) is 12.2 Å². The molecular weight excluding hydrogens is 732 g/mol. The van der Waals surface area contributed by atoms with E-state index < -0.39 is 115 Å². The fourth-order valence-corrected chi connectivity index (χ4v) is 12.4. The number of aliphatic hydroxyl groups excluding tert-OH is 8. The van der Waals surface area contributed by atoms with Crippen LogP contribution in [0, 0.1) is 52.3 Å². The van der Waals surface area contributed by atoms with Gasteiger partial charge in [0.2, 0.25) is 0 Å². The summed E-state index contributed by atoms with van der Waals surface area (Å²) in [6.07, 6.45) is -6.57. The molecule has 0 spiro atoms. The molecule has 0 bridgehead atoms. The van der Waals surface area contributed by atoms with E-state index in [1.54, 1.807) is 0 Å². The normalized spacial score (nSPS) is 51.1. The lowest BCUT2D eigenvalue weighted by atomic mass is 9.42. The Hall–Kier alpha value is -0.860. The minimum Gasteiger partial charge on any atom is -0.394 e. The van der Waals surface area contributed by atoms with Crippen LogP contribution in [0.5, 0.6) is 0 Å². The Morgan fingerprint density at radius 3 is 2.18 bits per heavy atom. The van der Waals surface area contributed by atoms with Gasteiger partial charge in [0.05, 0.1) is 49.8 Å². The molecule has 6 fully saturated rings. The van der Waals surface area contributed by atoms with Crippen molar-refractivity contribution in [2.45, 2.75) is 158 Å². The Morgan fingerprint density at radius 2 is 1.54 bits per heavy atom.